The first-order chi connectivity index (χ1) is 8.65. The Morgan fingerprint density at radius 3 is 2.83 bits per heavy atom. The van der Waals surface area contributed by atoms with E-state index in [1.54, 1.807) is 11.6 Å². The minimum atomic E-state index is -0.498. The average molecular weight is 251 g/mol. The molecular weight excluding hydrogens is 238 g/mol. The topological polar surface area (TPSA) is 95.9 Å². The summed E-state index contributed by atoms with van der Waals surface area (Å²) >= 11 is 0. The van der Waals surface area contributed by atoms with Crippen molar-refractivity contribution in [2.75, 3.05) is 7.11 Å². The van der Waals surface area contributed by atoms with Crippen LogP contribution in [0.1, 0.15) is 34.8 Å². The lowest BCUT2D eigenvalue weighted by molar-refractivity contribution is 0.0592. The van der Waals surface area contributed by atoms with Gasteiger partial charge in [-0.05, 0) is 6.42 Å². The van der Waals surface area contributed by atoms with Crippen LogP contribution in [0.3, 0.4) is 0 Å². The first kappa shape index (κ1) is 12.2. The standard InChI is InChI=1S/C10H13N5O3/c1-4-7-9(10(16)17-3)12-14-15(7)5-8-11-6(2)18-13-8/h4-5H2,1-3H3. The van der Waals surface area contributed by atoms with Gasteiger partial charge in [-0.2, -0.15) is 4.98 Å². The number of hydrogen-bond donors (Lipinski definition) is 0. The molecule has 0 radical (unpaired) electrons. The smallest absolute Gasteiger partial charge is 0.360 e. The molecule has 0 atom stereocenters. The Hall–Kier alpha value is -2.25. The third-order valence-corrected chi connectivity index (χ3v) is 2.41. The average Bonchev–Trinajstić information content (AvgIpc) is 2.95. The van der Waals surface area contributed by atoms with E-state index in [0.29, 0.717) is 30.4 Å². The lowest BCUT2D eigenvalue weighted by Crippen LogP contribution is -2.10. The minimum Gasteiger partial charge on any atom is -0.464 e. The summed E-state index contributed by atoms with van der Waals surface area (Å²) in [6.07, 6.45) is 0.605. The van der Waals surface area contributed by atoms with Crippen molar-refractivity contribution >= 4 is 5.97 Å². The Bertz CT molecular complexity index is 560. The van der Waals surface area contributed by atoms with Crippen LogP contribution < -0.4 is 0 Å². The van der Waals surface area contributed by atoms with Gasteiger partial charge in [0.1, 0.15) is 6.54 Å². The summed E-state index contributed by atoms with van der Waals surface area (Å²) in [6.45, 7) is 3.92. The van der Waals surface area contributed by atoms with Gasteiger partial charge in [0.2, 0.25) is 5.89 Å². The lowest BCUT2D eigenvalue weighted by Gasteiger charge is -2.02. The number of carbonyl (C=O) groups excluding carboxylic acids is 1. The van der Waals surface area contributed by atoms with E-state index >= 15 is 0 Å². The number of nitrogens with zero attached hydrogens (tertiary/aromatic N) is 5. The number of carbonyl (C=O) groups is 1. The predicted molar refractivity (Wildman–Crippen MR) is 58.9 cm³/mol. The fourth-order valence-electron chi connectivity index (χ4n) is 1.60. The monoisotopic (exact) mass is 251 g/mol. The van der Waals surface area contributed by atoms with Crippen molar-refractivity contribution < 1.29 is 14.1 Å². The van der Waals surface area contributed by atoms with Gasteiger partial charge in [0, 0.05) is 6.92 Å². The van der Waals surface area contributed by atoms with Crippen LogP contribution in [0, 0.1) is 6.92 Å². The fourth-order valence-corrected chi connectivity index (χ4v) is 1.60. The molecule has 96 valence electrons. The molecule has 8 heteroatoms. The van der Waals surface area contributed by atoms with Crippen molar-refractivity contribution in [3.63, 3.8) is 0 Å². The van der Waals surface area contributed by atoms with Crippen LogP contribution in [0.4, 0.5) is 0 Å². The summed E-state index contributed by atoms with van der Waals surface area (Å²) < 4.78 is 11.1. The highest BCUT2D eigenvalue weighted by Crippen LogP contribution is 2.09. The van der Waals surface area contributed by atoms with Gasteiger partial charge in [-0.15, -0.1) is 5.10 Å². The van der Waals surface area contributed by atoms with Crippen molar-refractivity contribution in [1.29, 1.82) is 0 Å². The molecule has 2 heterocycles. The second-order valence-corrected chi connectivity index (χ2v) is 3.62. The molecule has 0 bridgehead atoms. The van der Waals surface area contributed by atoms with Gasteiger partial charge in [0.25, 0.3) is 0 Å². The number of rotatable bonds is 4. The maximum absolute atomic E-state index is 11.5. The normalized spacial score (nSPS) is 10.6. The van der Waals surface area contributed by atoms with E-state index in [1.807, 2.05) is 6.92 Å². The van der Waals surface area contributed by atoms with Crippen LogP contribution in [0.2, 0.25) is 0 Å². The van der Waals surface area contributed by atoms with Crippen LogP contribution in [0.5, 0.6) is 0 Å². The van der Waals surface area contributed by atoms with Crippen LogP contribution in [-0.2, 0) is 17.7 Å². The fraction of sp³-hybridized carbons (Fsp3) is 0.500. The summed E-state index contributed by atoms with van der Waals surface area (Å²) in [5.74, 6) is 0.474. The predicted octanol–water partition coefficient (Wildman–Crippen LogP) is 0.367. The Kier molecular flexibility index (Phi) is 3.35. The third kappa shape index (κ3) is 2.22. The molecule has 0 saturated carbocycles. The van der Waals surface area contributed by atoms with Crippen molar-refractivity contribution in [2.45, 2.75) is 26.8 Å². The molecule has 18 heavy (non-hydrogen) atoms. The first-order valence-corrected chi connectivity index (χ1v) is 5.45. The maximum Gasteiger partial charge on any atom is 0.360 e. The molecule has 0 aliphatic carbocycles. The van der Waals surface area contributed by atoms with Crippen LogP contribution >= 0.6 is 0 Å². The Balaban J connectivity index is 2.28. The highest BCUT2D eigenvalue weighted by molar-refractivity contribution is 5.88. The summed E-state index contributed by atoms with van der Waals surface area (Å²) in [5, 5.41) is 11.5. The van der Waals surface area contributed by atoms with E-state index in [1.165, 1.54) is 7.11 Å². The van der Waals surface area contributed by atoms with E-state index in [0.717, 1.165) is 0 Å². The van der Waals surface area contributed by atoms with E-state index < -0.39 is 5.97 Å². The highest BCUT2D eigenvalue weighted by atomic mass is 16.5. The maximum atomic E-state index is 11.5. The second kappa shape index (κ2) is 4.94. The first-order valence-electron chi connectivity index (χ1n) is 5.45. The molecule has 2 aromatic rings. The molecule has 0 fully saturated rings. The SMILES string of the molecule is CCc1c(C(=O)OC)nnn1Cc1noc(C)n1. The minimum absolute atomic E-state index is 0.222. The highest BCUT2D eigenvalue weighted by Gasteiger charge is 2.19. The zero-order valence-electron chi connectivity index (χ0n) is 10.4. The molecule has 0 aliphatic rings. The summed E-state index contributed by atoms with van der Waals surface area (Å²) in [5.41, 5.74) is 0.907. The molecule has 2 aromatic heterocycles. The van der Waals surface area contributed by atoms with Crippen molar-refractivity contribution in [3.05, 3.63) is 23.1 Å². The Morgan fingerprint density at radius 2 is 2.28 bits per heavy atom. The summed E-state index contributed by atoms with van der Waals surface area (Å²) in [4.78, 5) is 15.5. The van der Waals surface area contributed by atoms with Gasteiger partial charge in [-0.1, -0.05) is 17.3 Å². The zero-order valence-corrected chi connectivity index (χ0v) is 10.4. The largest absolute Gasteiger partial charge is 0.464 e. The van der Waals surface area contributed by atoms with Crippen LogP contribution in [0.15, 0.2) is 4.52 Å². The van der Waals surface area contributed by atoms with E-state index in [2.05, 4.69) is 25.2 Å². The third-order valence-electron chi connectivity index (χ3n) is 2.41. The summed E-state index contributed by atoms with van der Waals surface area (Å²) in [7, 11) is 1.31. The van der Waals surface area contributed by atoms with Gasteiger partial charge in [0.15, 0.2) is 11.5 Å². The quantitative estimate of drug-likeness (QED) is 0.724. The number of aromatic nitrogens is 5. The summed E-state index contributed by atoms with van der Waals surface area (Å²) in [6, 6.07) is 0. The Labute approximate surface area is 103 Å². The number of methoxy groups -OCH3 is 1. The molecule has 0 saturated heterocycles. The van der Waals surface area contributed by atoms with Crippen LogP contribution in [-0.4, -0.2) is 38.2 Å². The number of aryl methyl sites for hydroxylation is 1. The second-order valence-electron chi connectivity index (χ2n) is 3.62. The van der Waals surface area contributed by atoms with E-state index in [-0.39, 0.29) is 5.69 Å². The van der Waals surface area contributed by atoms with Crippen molar-refractivity contribution in [3.8, 4) is 0 Å². The van der Waals surface area contributed by atoms with Gasteiger partial charge >= 0.3 is 5.97 Å². The number of esters is 1. The zero-order chi connectivity index (χ0) is 13.1. The lowest BCUT2D eigenvalue weighted by atomic mass is 10.2. The molecule has 0 spiro atoms. The molecule has 0 aliphatic heterocycles. The van der Waals surface area contributed by atoms with E-state index in [4.69, 9.17) is 4.52 Å². The van der Waals surface area contributed by atoms with Gasteiger partial charge in [-0.25, -0.2) is 9.48 Å². The molecule has 2 rings (SSSR count). The van der Waals surface area contributed by atoms with Crippen molar-refractivity contribution in [1.82, 2.24) is 25.1 Å². The molecular formula is C10H13N5O3. The van der Waals surface area contributed by atoms with Crippen molar-refractivity contribution in [2.24, 2.45) is 0 Å². The Morgan fingerprint density at radius 1 is 1.50 bits per heavy atom. The molecule has 0 aromatic carbocycles. The van der Waals surface area contributed by atoms with Crippen LogP contribution in [0.25, 0.3) is 0 Å². The molecule has 8 nitrogen and oxygen atoms in total. The van der Waals surface area contributed by atoms with Gasteiger partial charge < -0.3 is 9.26 Å². The number of ether oxygens (including phenoxy) is 1. The number of hydrogen-bond acceptors (Lipinski definition) is 7. The van der Waals surface area contributed by atoms with Gasteiger partial charge in [0.05, 0.1) is 12.8 Å². The molecule has 0 unspecified atom stereocenters. The molecule has 0 N–H and O–H groups in total. The molecule has 0 amide bonds. The van der Waals surface area contributed by atoms with Gasteiger partial charge in [-0.3, -0.25) is 0 Å². The van der Waals surface area contributed by atoms with E-state index in [9.17, 15) is 4.79 Å².